The lowest BCUT2D eigenvalue weighted by Crippen LogP contribution is -2.54. The summed E-state index contributed by atoms with van der Waals surface area (Å²) >= 11 is 0. The predicted molar refractivity (Wildman–Crippen MR) is 185 cm³/mol. The molecule has 0 amide bonds. The van der Waals surface area contributed by atoms with Crippen LogP contribution in [0.2, 0.25) is 0 Å². The zero-order valence-electron chi connectivity index (χ0n) is 29.7. The van der Waals surface area contributed by atoms with E-state index in [2.05, 4.69) is 27.7 Å². The first-order valence-electron chi connectivity index (χ1n) is 20.5. The van der Waals surface area contributed by atoms with Crippen molar-refractivity contribution in [3.05, 3.63) is 27.8 Å². The minimum Gasteiger partial charge on any atom is -0.490 e. The van der Waals surface area contributed by atoms with Crippen molar-refractivity contribution in [3.63, 3.8) is 0 Å². The molecule has 13 fully saturated rings. The van der Waals surface area contributed by atoms with Gasteiger partial charge in [0.05, 0.1) is 6.61 Å². The SMILES string of the molecule is Cc1c(C23CC4CC(CC(C4)C2)C3)c(C(C)(C)C)c(OCC2CO2)c(C23CC4CC(CC(C4)C2)C3)c1C12CC3CC(CC(C3)C1)C2. The van der Waals surface area contributed by atoms with Crippen LogP contribution >= 0.6 is 0 Å². The summed E-state index contributed by atoms with van der Waals surface area (Å²) in [5, 5.41) is 0. The molecule has 250 valence electrons. The van der Waals surface area contributed by atoms with E-state index in [9.17, 15) is 0 Å². The van der Waals surface area contributed by atoms with Crippen LogP contribution in [0.1, 0.15) is 164 Å². The second-order valence-electron chi connectivity index (χ2n) is 21.6. The molecule has 0 radical (unpaired) electrons. The lowest BCUT2D eigenvalue weighted by Gasteiger charge is -2.63. The first-order valence-corrected chi connectivity index (χ1v) is 20.5. The quantitative estimate of drug-likeness (QED) is 0.295. The highest BCUT2D eigenvalue weighted by Crippen LogP contribution is 2.70. The topological polar surface area (TPSA) is 21.8 Å². The van der Waals surface area contributed by atoms with E-state index < -0.39 is 0 Å². The van der Waals surface area contributed by atoms with E-state index in [-0.39, 0.29) is 5.41 Å². The maximum Gasteiger partial charge on any atom is 0.127 e. The van der Waals surface area contributed by atoms with Gasteiger partial charge in [-0.15, -0.1) is 0 Å². The van der Waals surface area contributed by atoms with Crippen molar-refractivity contribution < 1.29 is 9.47 Å². The third-order valence-corrected chi connectivity index (χ3v) is 17.0. The number of hydrogen-bond donors (Lipinski definition) is 0. The highest BCUT2D eigenvalue weighted by Gasteiger charge is 2.61. The molecule has 1 atom stereocenters. The second kappa shape index (κ2) is 9.40. The Balaban J connectivity index is 1.22. The second-order valence-corrected chi connectivity index (χ2v) is 21.6. The summed E-state index contributed by atoms with van der Waals surface area (Å²) in [5.41, 5.74) is 10.4. The van der Waals surface area contributed by atoms with Gasteiger partial charge in [0.2, 0.25) is 0 Å². The molecule has 2 heteroatoms. The van der Waals surface area contributed by atoms with E-state index >= 15 is 0 Å². The first kappa shape index (κ1) is 28.8. The summed E-state index contributed by atoms with van der Waals surface area (Å²) in [6, 6.07) is 0. The van der Waals surface area contributed by atoms with Crippen LogP contribution in [0.15, 0.2) is 0 Å². The Labute approximate surface area is 279 Å². The van der Waals surface area contributed by atoms with Gasteiger partial charge in [-0.3, -0.25) is 0 Å². The summed E-state index contributed by atoms with van der Waals surface area (Å²) in [4.78, 5) is 0. The van der Waals surface area contributed by atoms with Crippen molar-refractivity contribution in [3.8, 4) is 5.75 Å². The molecule has 12 aliphatic carbocycles. The molecule has 1 saturated heterocycles. The number of benzene rings is 1. The van der Waals surface area contributed by atoms with Crippen LogP contribution in [-0.2, 0) is 26.4 Å². The van der Waals surface area contributed by atoms with E-state index in [1.54, 1.807) is 5.56 Å². The zero-order chi connectivity index (χ0) is 30.8. The average molecular weight is 623 g/mol. The standard InChI is InChI=1S/C44H62O2/c1-25-36(42-14-26-5-27(15-42)7-28(6-26)16-42)38(41(2,3)4)40(46-24-35-23-45-35)39(44-20-32-11-33(21-44)13-34(12-32)22-44)37(25)43-17-29-8-30(18-43)10-31(9-29)19-43/h26-35H,5-24H2,1-4H3. The highest BCUT2D eigenvalue weighted by atomic mass is 16.6. The summed E-state index contributed by atoms with van der Waals surface area (Å²) in [6.45, 7) is 12.1. The summed E-state index contributed by atoms with van der Waals surface area (Å²) in [5.74, 6) is 10.1. The molecule has 12 bridgehead atoms. The van der Waals surface area contributed by atoms with Gasteiger partial charge >= 0.3 is 0 Å². The molecule has 0 spiro atoms. The van der Waals surface area contributed by atoms with Gasteiger partial charge in [-0.25, -0.2) is 0 Å². The lowest BCUT2D eigenvalue weighted by molar-refractivity contribution is -0.0202. The fraction of sp³-hybridized carbons (Fsp3) is 0.864. The van der Waals surface area contributed by atoms with E-state index in [0.29, 0.717) is 22.3 Å². The summed E-state index contributed by atoms with van der Waals surface area (Å²) in [7, 11) is 0. The van der Waals surface area contributed by atoms with Crippen LogP contribution < -0.4 is 4.74 Å². The van der Waals surface area contributed by atoms with Crippen LogP contribution in [0.3, 0.4) is 0 Å². The normalized spacial score (nSPS) is 50.5. The summed E-state index contributed by atoms with van der Waals surface area (Å²) in [6.07, 6.45) is 27.3. The van der Waals surface area contributed by atoms with E-state index in [1.807, 2.05) is 22.3 Å². The van der Waals surface area contributed by atoms with Crippen molar-refractivity contribution in [2.45, 2.75) is 171 Å². The van der Waals surface area contributed by atoms with Gasteiger partial charge in [0.15, 0.2) is 0 Å². The Morgan fingerprint density at radius 2 is 0.870 bits per heavy atom. The smallest absolute Gasteiger partial charge is 0.127 e. The first-order chi connectivity index (χ1) is 22.1. The van der Waals surface area contributed by atoms with Crippen LogP contribution in [0.5, 0.6) is 5.75 Å². The lowest BCUT2D eigenvalue weighted by atomic mass is 9.42. The molecule has 2 nitrogen and oxygen atoms in total. The monoisotopic (exact) mass is 622 g/mol. The molecule has 1 aromatic carbocycles. The van der Waals surface area contributed by atoms with E-state index in [0.717, 1.165) is 66.5 Å². The van der Waals surface area contributed by atoms with Crippen LogP contribution in [0, 0.1) is 60.2 Å². The average Bonchev–Trinajstić information content (AvgIpc) is 3.77. The third-order valence-electron chi connectivity index (χ3n) is 17.0. The molecule has 46 heavy (non-hydrogen) atoms. The number of epoxide rings is 1. The molecule has 1 unspecified atom stereocenters. The van der Waals surface area contributed by atoms with Crippen molar-refractivity contribution in [2.24, 2.45) is 53.3 Å². The van der Waals surface area contributed by atoms with Gasteiger partial charge in [0.25, 0.3) is 0 Å². The number of rotatable bonds is 6. The molecule has 13 aliphatic rings. The van der Waals surface area contributed by atoms with Crippen LogP contribution in [-0.4, -0.2) is 19.3 Å². The van der Waals surface area contributed by atoms with Gasteiger partial charge < -0.3 is 9.47 Å². The van der Waals surface area contributed by atoms with Crippen LogP contribution in [0.25, 0.3) is 0 Å². The molecule has 12 saturated carbocycles. The van der Waals surface area contributed by atoms with Crippen LogP contribution in [0.4, 0.5) is 0 Å². The van der Waals surface area contributed by atoms with Gasteiger partial charge in [0.1, 0.15) is 18.5 Å². The molecule has 0 aromatic heterocycles. The van der Waals surface area contributed by atoms with Crippen molar-refractivity contribution >= 4 is 0 Å². The van der Waals surface area contributed by atoms with Gasteiger partial charge in [-0.1, -0.05) is 20.8 Å². The van der Waals surface area contributed by atoms with Gasteiger partial charge in [-0.05, 0) is 209 Å². The number of ether oxygens (including phenoxy) is 2. The Hall–Kier alpha value is -1.02. The molecule has 1 heterocycles. The highest BCUT2D eigenvalue weighted by molar-refractivity contribution is 5.66. The fourth-order valence-corrected chi connectivity index (χ4v) is 17.1. The summed E-state index contributed by atoms with van der Waals surface area (Å²) < 4.78 is 13.5. The van der Waals surface area contributed by atoms with Crippen molar-refractivity contribution in [1.29, 1.82) is 0 Å². The predicted octanol–water partition coefficient (Wildman–Crippen LogP) is 10.5. The molecule has 0 N–H and O–H groups in total. The molecule has 14 rings (SSSR count). The fourth-order valence-electron chi connectivity index (χ4n) is 17.1. The Kier molecular flexibility index (Phi) is 5.88. The molecular formula is C44H62O2. The van der Waals surface area contributed by atoms with Gasteiger partial charge in [-0.2, -0.15) is 0 Å². The Morgan fingerprint density at radius 1 is 0.543 bits per heavy atom. The third kappa shape index (κ3) is 4.10. The minimum absolute atomic E-state index is 0.0697. The Bertz CT molecular complexity index is 1350. The minimum atomic E-state index is 0.0697. The van der Waals surface area contributed by atoms with E-state index in [1.165, 1.54) is 121 Å². The molecule has 1 aliphatic heterocycles. The van der Waals surface area contributed by atoms with E-state index in [4.69, 9.17) is 9.47 Å². The maximum absolute atomic E-state index is 7.55. The maximum atomic E-state index is 7.55. The largest absolute Gasteiger partial charge is 0.490 e. The zero-order valence-corrected chi connectivity index (χ0v) is 29.7. The number of hydrogen-bond acceptors (Lipinski definition) is 2. The molecular weight excluding hydrogens is 560 g/mol. The van der Waals surface area contributed by atoms with Crippen molar-refractivity contribution in [1.82, 2.24) is 0 Å². The van der Waals surface area contributed by atoms with Crippen molar-refractivity contribution in [2.75, 3.05) is 13.2 Å². The van der Waals surface area contributed by atoms with Gasteiger partial charge in [0, 0.05) is 16.5 Å². The Morgan fingerprint density at radius 3 is 1.20 bits per heavy atom. The molecule has 1 aromatic rings.